The lowest BCUT2D eigenvalue weighted by molar-refractivity contribution is -0.180. The Balaban J connectivity index is 1.83. The monoisotopic (exact) mass is 572 g/mol. The van der Waals surface area contributed by atoms with Crippen molar-refractivity contribution in [1.82, 2.24) is 0 Å². The summed E-state index contributed by atoms with van der Waals surface area (Å²) in [4.78, 5) is 11.9. The molecule has 2 aromatic carbocycles. The molecule has 0 bridgehead atoms. The van der Waals surface area contributed by atoms with Crippen LogP contribution < -0.4 is 9.47 Å². The molecule has 0 fully saturated rings. The fourth-order valence-electron chi connectivity index (χ4n) is 4.32. The number of rotatable bonds is 18. The van der Waals surface area contributed by atoms with Crippen LogP contribution in [0.1, 0.15) is 90.9 Å². The van der Waals surface area contributed by atoms with E-state index in [1.807, 2.05) is 0 Å². The lowest BCUT2D eigenvalue weighted by atomic mass is 9.98. The minimum absolute atomic E-state index is 0.0446. The molecule has 0 radical (unpaired) electrons. The molecule has 0 heterocycles. The molecular weight excluding hydrogens is 531 g/mol. The highest BCUT2D eigenvalue weighted by Crippen LogP contribution is 2.33. The van der Waals surface area contributed by atoms with Gasteiger partial charge < -0.3 is 14.2 Å². The molecular formula is C31H41F5O4. The van der Waals surface area contributed by atoms with Gasteiger partial charge in [-0.2, -0.15) is 17.6 Å². The first-order chi connectivity index (χ1) is 19.2. The predicted molar refractivity (Wildman–Crippen MR) is 146 cm³/mol. The third-order valence-electron chi connectivity index (χ3n) is 6.73. The summed E-state index contributed by atoms with van der Waals surface area (Å²) < 4.78 is 83.7. The zero-order valence-corrected chi connectivity index (χ0v) is 23.5. The van der Waals surface area contributed by atoms with Gasteiger partial charge in [-0.3, -0.25) is 0 Å². The summed E-state index contributed by atoms with van der Waals surface area (Å²) in [5.41, 5.74) is 0.354. The van der Waals surface area contributed by atoms with Gasteiger partial charge in [0, 0.05) is 5.56 Å². The fraction of sp³-hybridized carbons (Fsp3) is 0.581. The van der Waals surface area contributed by atoms with Crippen molar-refractivity contribution in [2.45, 2.75) is 97.1 Å². The zero-order chi connectivity index (χ0) is 29.4. The van der Waals surface area contributed by atoms with Crippen LogP contribution in [0.25, 0.3) is 11.1 Å². The Bertz CT molecular complexity index is 1010. The summed E-state index contributed by atoms with van der Waals surface area (Å²) in [5, 5.41) is 0. The van der Waals surface area contributed by atoms with Crippen LogP contribution in [0.3, 0.4) is 0 Å². The lowest BCUT2D eigenvalue weighted by Crippen LogP contribution is -2.25. The average molecular weight is 573 g/mol. The van der Waals surface area contributed by atoms with Crippen LogP contribution >= 0.6 is 0 Å². The van der Waals surface area contributed by atoms with E-state index < -0.39 is 48.7 Å². The SMILES string of the molecule is CCCCCCCCCCOc1ccc(-c2ccc(OC(=O)OCCC(CCCC)C(F)(F)F)c(F)c2F)cc1. The first-order valence-electron chi connectivity index (χ1n) is 14.3. The Labute approximate surface area is 234 Å². The number of halogens is 5. The summed E-state index contributed by atoms with van der Waals surface area (Å²) in [5.74, 6) is -4.33. The zero-order valence-electron chi connectivity index (χ0n) is 23.5. The molecule has 0 saturated carbocycles. The summed E-state index contributed by atoms with van der Waals surface area (Å²) in [7, 11) is 0. The van der Waals surface area contributed by atoms with Gasteiger partial charge in [0.05, 0.1) is 19.1 Å². The lowest BCUT2D eigenvalue weighted by Gasteiger charge is -2.19. The third-order valence-corrected chi connectivity index (χ3v) is 6.73. The van der Waals surface area contributed by atoms with Gasteiger partial charge in [0.1, 0.15) is 5.75 Å². The maximum Gasteiger partial charge on any atom is 0.513 e. The molecule has 1 atom stereocenters. The molecule has 0 aromatic heterocycles. The minimum atomic E-state index is -4.41. The molecule has 224 valence electrons. The van der Waals surface area contributed by atoms with E-state index in [0.717, 1.165) is 18.9 Å². The van der Waals surface area contributed by atoms with Crippen molar-refractivity contribution in [2.75, 3.05) is 13.2 Å². The van der Waals surface area contributed by atoms with Gasteiger partial charge in [0.15, 0.2) is 11.6 Å². The van der Waals surface area contributed by atoms with Crippen molar-refractivity contribution in [2.24, 2.45) is 5.92 Å². The first-order valence-corrected chi connectivity index (χ1v) is 14.3. The Hall–Kier alpha value is -2.84. The predicted octanol–water partition coefficient (Wildman–Crippen LogP) is 10.4. The number of carbonyl (C=O) groups excluding carboxylic acids is 1. The van der Waals surface area contributed by atoms with Crippen LogP contribution in [0.15, 0.2) is 36.4 Å². The Morgan fingerprint density at radius 3 is 2.00 bits per heavy atom. The van der Waals surface area contributed by atoms with E-state index in [9.17, 15) is 26.7 Å². The second kappa shape index (κ2) is 17.8. The first kappa shape index (κ1) is 33.4. The summed E-state index contributed by atoms with van der Waals surface area (Å²) >= 11 is 0. The average Bonchev–Trinajstić information content (AvgIpc) is 2.92. The van der Waals surface area contributed by atoms with E-state index in [0.29, 0.717) is 30.8 Å². The van der Waals surface area contributed by atoms with Gasteiger partial charge >= 0.3 is 12.3 Å². The van der Waals surface area contributed by atoms with Gasteiger partial charge in [-0.1, -0.05) is 83.8 Å². The maximum atomic E-state index is 14.8. The van der Waals surface area contributed by atoms with Gasteiger partial charge in [-0.05, 0) is 49.1 Å². The van der Waals surface area contributed by atoms with E-state index in [1.54, 1.807) is 31.2 Å². The number of carbonyl (C=O) groups is 1. The third kappa shape index (κ3) is 11.7. The largest absolute Gasteiger partial charge is 0.513 e. The van der Waals surface area contributed by atoms with Gasteiger partial charge in [-0.15, -0.1) is 0 Å². The fourth-order valence-corrected chi connectivity index (χ4v) is 4.32. The normalized spacial score (nSPS) is 12.3. The topological polar surface area (TPSA) is 44.8 Å². The van der Waals surface area contributed by atoms with Crippen molar-refractivity contribution in [3.05, 3.63) is 48.0 Å². The number of ether oxygens (including phenoxy) is 3. The van der Waals surface area contributed by atoms with Crippen LogP contribution in [0.4, 0.5) is 26.7 Å². The van der Waals surface area contributed by atoms with Crippen LogP contribution in [-0.4, -0.2) is 25.5 Å². The van der Waals surface area contributed by atoms with E-state index in [1.165, 1.54) is 44.6 Å². The number of alkyl halides is 3. The number of unbranched alkanes of at least 4 members (excludes halogenated alkanes) is 8. The van der Waals surface area contributed by atoms with E-state index in [2.05, 4.69) is 11.7 Å². The number of benzene rings is 2. The molecule has 0 aliphatic rings. The van der Waals surface area contributed by atoms with Gasteiger partial charge in [0.2, 0.25) is 5.82 Å². The van der Waals surface area contributed by atoms with Gasteiger partial charge in [-0.25, -0.2) is 9.18 Å². The van der Waals surface area contributed by atoms with Crippen molar-refractivity contribution < 1.29 is 41.0 Å². The summed E-state index contributed by atoms with van der Waals surface area (Å²) in [6, 6.07) is 8.88. The molecule has 0 spiro atoms. The molecule has 0 N–H and O–H groups in total. The highest BCUT2D eigenvalue weighted by molar-refractivity contribution is 5.68. The van der Waals surface area contributed by atoms with Crippen LogP contribution in [0.2, 0.25) is 0 Å². The second-order valence-corrected chi connectivity index (χ2v) is 9.96. The molecule has 40 heavy (non-hydrogen) atoms. The standard InChI is InChI=1S/C31H41F5O4/c1-3-5-7-8-9-10-11-12-21-38-25-16-14-23(15-17-25)26-18-19-27(29(33)28(26)32)40-30(37)39-22-20-24(13-6-4-2)31(34,35)36/h14-19,24H,3-13,20-22H2,1-2H3. The highest BCUT2D eigenvalue weighted by atomic mass is 19.4. The summed E-state index contributed by atoms with van der Waals surface area (Å²) in [6.07, 6.45) is 4.23. The molecule has 1 unspecified atom stereocenters. The quantitative estimate of drug-likeness (QED) is 0.0771. The second-order valence-electron chi connectivity index (χ2n) is 9.96. The van der Waals surface area contributed by atoms with Crippen molar-refractivity contribution in [1.29, 1.82) is 0 Å². The molecule has 0 aliphatic carbocycles. The maximum absolute atomic E-state index is 14.8. The molecule has 0 amide bonds. The van der Waals surface area contributed by atoms with Gasteiger partial charge in [0.25, 0.3) is 0 Å². The van der Waals surface area contributed by atoms with Crippen molar-refractivity contribution in [3.63, 3.8) is 0 Å². The molecule has 4 nitrogen and oxygen atoms in total. The highest BCUT2D eigenvalue weighted by Gasteiger charge is 2.38. The molecule has 2 rings (SSSR count). The van der Waals surface area contributed by atoms with Crippen LogP contribution in [-0.2, 0) is 4.74 Å². The number of hydrogen-bond acceptors (Lipinski definition) is 4. The minimum Gasteiger partial charge on any atom is -0.494 e. The van der Waals surface area contributed by atoms with E-state index in [-0.39, 0.29) is 12.0 Å². The molecule has 2 aromatic rings. The Morgan fingerprint density at radius 2 is 1.38 bits per heavy atom. The smallest absolute Gasteiger partial charge is 0.494 e. The Kier molecular flexibility index (Phi) is 14.8. The van der Waals surface area contributed by atoms with E-state index >= 15 is 0 Å². The summed E-state index contributed by atoms with van der Waals surface area (Å²) in [6.45, 7) is 4.01. The van der Waals surface area contributed by atoms with E-state index in [4.69, 9.17) is 9.47 Å². The van der Waals surface area contributed by atoms with Crippen molar-refractivity contribution >= 4 is 6.16 Å². The molecule has 0 aliphatic heterocycles. The van der Waals surface area contributed by atoms with Crippen molar-refractivity contribution in [3.8, 4) is 22.6 Å². The molecule has 9 heteroatoms. The Morgan fingerprint density at radius 1 is 0.750 bits per heavy atom. The number of hydrogen-bond donors (Lipinski definition) is 0. The van der Waals surface area contributed by atoms with Crippen LogP contribution in [0, 0.1) is 17.6 Å². The van der Waals surface area contributed by atoms with Crippen LogP contribution in [0.5, 0.6) is 11.5 Å². The molecule has 0 saturated heterocycles.